The highest BCUT2D eigenvalue weighted by atomic mass is 28.3. The molecule has 0 bridgehead atoms. The number of benzene rings is 18. The summed E-state index contributed by atoms with van der Waals surface area (Å²) >= 11 is 0. The molecule has 20 heteroatoms. The maximum Gasteiger partial charge on any atom is 0.241 e. The van der Waals surface area contributed by atoms with Gasteiger partial charge in [-0.25, -0.2) is 44.0 Å². The van der Waals surface area contributed by atoms with Gasteiger partial charge in [0, 0.05) is 32.9 Å². The van der Waals surface area contributed by atoms with Crippen molar-refractivity contribution in [1.82, 2.24) is 84.9 Å². The van der Waals surface area contributed by atoms with Crippen LogP contribution < -0.4 is 41.8 Å². The van der Waals surface area contributed by atoms with Crippen molar-refractivity contribution in [3.05, 3.63) is 461 Å². The van der Waals surface area contributed by atoms with Crippen LogP contribution in [-0.4, -0.2) is 101 Å². The summed E-state index contributed by atoms with van der Waals surface area (Å²) in [5.74, 6) is 4.98. The van der Waals surface area contributed by atoms with E-state index in [0.717, 1.165) is 159 Å². The average Bonchev–Trinajstić information content (AvgIpc) is 1.00. The first-order chi connectivity index (χ1) is 69.4. The van der Waals surface area contributed by atoms with E-state index < -0.39 is 16.1 Å². The normalized spacial score (nSPS) is 12.4. The van der Waals surface area contributed by atoms with Gasteiger partial charge in [0.25, 0.3) is 0 Å². The van der Waals surface area contributed by atoms with Gasteiger partial charge in [-0.2, -0.15) is 4.98 Å². The molecule has 0 N–H and O–H groups in total. The van der Waals surface area contributed by atoms with E-state index in [-0.39, 0.29) is 0 Å². The van der Waals surface area contributed by atoms with Crippen LogP contribution in [0.3, 0.4) is 0 Å². The van der Waals surface area contributed by atoms with Crippen LogP contribution in [0.4, 0.5) is 0 Å². The summed E-state index contributed by atoms with van der Waals surface area (Å²) in [6.45, 7) is 0. The second-order valence-electron chi connectivity index (χ2n) is 36.3. The smallest absolute Gasteiger partial charge is 0.241 e. The SMILES string of the molecule is c1ccc([Si](c2ccccc2)(c2cccc(-n3c4ccccc4c4ccccc43)c2)c2cc(-n3c4ccccc4n4c5ccccc5nc34)nc(-n3c4ccccc4n4c5cc(-c6ccc7nc8n(-c9nc(-n%10c%11ccccc%11n%11c%12ccccc%12nc%10%11)nc([Si](c%10ccccc%10)(c%10ccccc%10)c%10cccc(-n%11c%12ccccc%12c%12ccccc%12%11)c%10)n9)c9ccccc9n8c7c6)ccc5nc34)c2)cc1. The molecule has 0 aliphatic carbocycles. The first kappa shape index (κ1) is 77.6. The minimum Gasteiger partial charge on any atom is -0.309 e. The molecular weight excluding hydrogens is 1750 g/mol. The molecule has 12 heterocycles. The third-order valence-corrected chi connectivity index (χ3v) is 38.2. The second kappa shape index (κ2) is 29.9. The van der Waals surface area contributed by atoms with E-state index >= 15 is 0 Å². The van der Waals surface area contributed by atoms with Crippen molar-refractivity contribution >= 4 is 213 Å². The molecule has 18 nitrogen and oxygen atoms in total. The molecule has 0 aliphatic heterocycles. The maximum atomic E-state index is 6.12. The third kappa shape index (κ3) is 11.0. The van der Waals surface area contributed by atoms with E-state index in [4.69, 9.17) is 39.9 Å². The number of hydrogen-bond acceptors (Lipinski definition) is 8. The number of imidazole rings is 8. The summed E-state index contributed by atoms with van der Waals surface area (Å²) in [6.07, 6.45) is 0. The van der Waals surface area contributed by atoms with Crippen LogP contribution in [0.5, 0.6) is 0 Å². The lowest BCUT2D eigenvalue weighted by atomic mass is 10.0. The maximum absolute atomic E-state index is 6.12. The fourth-order valence-electron chi connectivity index (χ4n) is 23.2. The van der Waals surface area contributed by atoms with E-state index in [9.17, 15) is 0 Å². The van der Waals surface area contributed by atoms with Crippen LogP contribution in [0.1, 0.15) is 0 Å². The topological polar surface area (TPSA) is 150 Å². The molecule has 18 aromatic carbocycles. The predicted octanol–water partition coefficient (Wildman–Crippen LogP) is 20.9. The van der Waals surface area contributed by atoms with Crippen LogP contribution in [0, 0.1) is 0 Å². The highest BCUT2D eigenvalue weighted by Gasteiger charge is 2.48. The molecule has 654 valence electrons. The number of pyridine rings is 1. The minimum absolute atomic E-state index is 0.394. The Morgan fingerprint density at radius 2 is 0.436 bits per heavy atom. The number of hydrogen-bond donors (Lipinski definition) is 0. The Bertz CT molecular complexity index is 9630. The molecule has 0 saturated carbocycles. The van der Waals surface area contributed by atoms with Gasteiger partial charge in [0.15, 0.2) is 8.07 Å². The van der Waals surface area contributed by atoms with Crippen LogP contribution in [0.15, 0.2) is 461 Å². The van der Waals surface area contributed by atoms with Crippen molar-refractivity contribution in [1.29, 1.82) is 0 Å². The zero-order chi connectivity index (χ0) is 91.6. The van der Waals surface area contributed by atoms with Gasteiger partial charge in [0.2, 0.25) is 43.1 Å². The molecule has 30 aromatic rings. The zero-order valence-corrected chi connectivity index (χ0v) is 76.9. The van der Waals surface area contributed by atoms with Crippen molar-refractivity contribution in [3.8, 4) is 46.0 Å². The molecule has 30 rings (SSSR count). The number of rotatable bonds is 15. The average molecular weight is 1830 g/mol. The third-order valence-electron chi connectivity index (χ3n) is 29.0. The van der Waals surface area contributed by atoms with E-state index in [1.54, 1.807) is 0 Å². The lowest BCUT2D eigenvalue weighted by Gasteiger charge is -2.35. The van der Waals surface area contributed by atoms with Crippen LogP contribution in [0.25, 0.3) is 201 Å². The highest BCUT2D eigenvalue weighted by Crippen LogP contribution is 2.41. The van der Waals surface area contributed by atoms with E-state index in [0.29, 0.717) is 46.3 Å². The molecule has 0 aliphatic rings. The van der Waals surface area contributed by atoms with Gasteiger partial charge in [0.05, 0.1) is 110 Å². The van der Waals surface area contributed by atoms with Gasteiger partial charge in [-0.1, -0.05) is 303 Å². The summed E-state index contributed by atoms with van der Waals surface area (Å²) in [7, 11) is -7.34. The molecule has 0 spiro atoms. The highest BCUT2D eigenvalue weighted by molar-refractivity contribution is 7.20. The second-order valence-corrected chi connectivity index (χ2v) is 43.8. The molecule has 0 unspecified atom stereocenters. The van der Waals surface area contributed by atoms with Crippen molar-refractivity contribution in [2.45, 2.75) is 0 Å². The Morgan fingerprint density at radius 1 is 0.157 bits per heavy atom. The molecular formula is C120H76N18Si2. The summed E-state index contributed by atoms with van der Waals surface area (Å²) < 4.78 is 22.8. The van der Waals surface area contributed by atoms with Crippen molar-refractivity contribution in [3.63, 3.8) is 0 Å². The van der Waals surface area contributed by atoms with Gasteiger partial charge in [-0.15, -0.1) is 0 Å². The summed E-state index contributed by atoms with van der Waals surface area (Å²) in [6, 6.07) is 167. The van der Waals surface area contributed by atoms with Gasteiger partial charge in [-0.05, 0) is 205 Å². The Hall–Kier alpha value is -18.8. The number of nitrogens with zero attached hydrogens (tertiary/aromatic N) is 18. The monoisotopic (exact) mass is 1820 g/mol. The van der Waals surface area contributed by atoms with Gasteiger partial charge >= 0.3 is 0 Å². The zero-order valence-electron chi connectivity index (χ0n) is 74.9. The predicted molar refractivity (Wildman–Crippen MR) is 571 cm³/mol. The van der Waals surface area contributed by atoms with Crippen molar-refractivity contribution in [2.24, 2.45) is 0 Å². The first-order valence-corrected chi connectivity index (χ1v) is 51.2. The summed E-state index contributed by atoms with van der Waals surface area (Å²) in [4.78, 5) is 46.7. The largest absolute Gasteiger partial charge is 0.309 e. The molecule has 140 heavy (non-hydrogen) atoms. The van der Waals surface area contributed by atoms with E-state index in [2.05, 4.69) is 500 Å². The minimum atomic E-state index is -3.78. The molecule has 0 saturated heterocycles. The van der Waals surface area contributed by atoms with E-state index in [1.807, 2.05) is 6.07 Å². The Balaban J connectivity index is 0.630. The Labute approximate surface area is 799 Å². The summed E-state index contributed by atoms with van der Waals surface area (Å²) in [5.41, 5.74) is 23.9. The standard InChI is InChI=1S/C120H76N18Si2/c1-5-37-81(38-6-1)139(82-39-7-2-8-40-82,85-45-33-35-79(73-85)129-96-53-19-13-47-88(96)89-48-14-20-54-97(89)129)87-75-112(135-106-63-29-25-59-102(106)131-100-57-23-17-51-92(100)121-117(131)135)125-113(76-87)136-107-64-30-26-60-103(107)133-110-71-77(67-69-94(110)123-118(133)136)78-68-70-95-111(72-78)134-105-62-28-32-66-109(105)138(120(134)124-95)115-126-114(137-108-65-31-27-61-104(108)132-101-58-24-18-52-93(101)122-119(132)137)127-116(128-115)140(83-41-9-3-10-42-83,84-43-11-4-12-44-84)86-46-34-36-80(74-86)130-98-55-21-15-49-90(98)91-50-16-22-56-99(91)130/h1-76H. The van der Waals surface area contributed by atoms with Gasteiger partial charge in [0.1, 0.15) is 17.1 Å². The lowest BCUT2D eigenvalue weighted by Crippen LogP contribution is -2.76. The number of para-hydroxylation sites is 16. The molecule has 0 atom stereocenters. The number of fused-ring (bicyclic) bond motifs is 26. The Kier molecular flexibility index (Phi) is 16.6. The number of aromatic nitrogens is 18. The van der Waals surface area contributed by atoms with Gasteiger partial charge in [-0.3, -0.25) is 26.7 Å². The fraction of sp³-hybridized carbons (Fsp3) is 0. The quantitative estimate of drug-likeness (QED) is 0.0727. The van der Waals surface area contributed by atoms with Crippen molar-refractivity contribution < 1.29 is 0 Å². The Morgan fingerprint density at radius 3 is 0.807 bits per heavy atom. The van der Waals surface area contributed by atoms with E-state index in [1.165, 1.54) is 37.1 Å². The lowest BCUT2D eigenvalue weighted by molar-refractivity contribution is 0.887. The van der Waals surface area contributed by atoms with Crippen LogP contribution in [-0.2, 0) is 0 Å². The first-order valence-electron chi connectivity index (χ1n) is 47.2. The molecule has 12 aromatic heterocycles. The molecule has 0 amide bonds. The van der Waals surface area contributed by atoms with Gasteiger partial charge < -0.3 is 9.13 Å². The summed E-state index contributed by atoms with van der Waals surface area (Å²) in [5, 5.41) is 12.8. The molecule has 0 radical (unpaired) electrons. The van der Waals surface area contributed by atoms with Crippen molar-refractivity contribution in [2.75, 3.05) is 0 Å². The fourth-order valence-corrected chi connectivity index (χ4v) is 32.4. The molecule has 0 fully saturated rings. The van der Waals surface area contributed by atoms with Crippen LogP contribution >= 0.6 is 0 Å². The van der Waals surface area contributed by atoms with Crippen LogP contribution in [0.2, 0.25) is 0 Å².